The van der Waals surface area contributed by atoms with Crippen LogP contribution < -0.4 is 4.74 Å². The van der Waals surface area contributed by atoms with Crippen LogP contribution in [0.15, 0.2) is 53.4 Å². The lowest BCUT2D eigenvalue weighted by Crippen LogP contribution is -1.89. The Bertz CT molecular complexity index is 623. The summed E-state index contributed by atoms with van der Waals surface area (Å²) in [5.41, 5.74) is 0.0522. The van der Waals surface area contributed by atoms with E-state index in [1.807, 2.05) is 24.3 Å². The summed E-state index contributed by atoms with van der Waals surface area (Å²) in [6, 6.07) is 13.8. The molecule has 0 aromatic heterocycles. The van der Waals surface area contributed by atoms with Gasteiger partial charge in [0.15, 0.2) is 0 Å². The van der Waals surface area contributed by atoms with Gasteiger partial charge in [0, 0.05) is 22.8 Å². The summed E-state index contributed by atoms with van der Waals surface area (Å²) in [7, 11) is 0. The molecular formula is C15H13NO4S. The van der Waals surface area contributed by atoms with Gasteiger partial charge in [0.05, 0.1) is 17.6 Å². The number of ether oxygens (including phenoxy) is 2. The second-order valence-corrected chi connectivity index (χ2v) is 5.68. The Morgan fingerprint density at radius 1 is 1.14 bits per heavy atom. The van der Waals surface area contributed by atoms with E-state index in [1.165, 1.54) is 17.0 Å². The quantitative estimate of drug-likeness (QED) is 0.351. The number of nitrogens with zero attached hydrogens (tertiary/aromatic N) is 1. The molecule has 0 N–H and O–H groups in total. The molecule has 1 atom stereocenters. The average molecular weight is 303 g/mol. The van der Waals surface area contributed by atoms with Gasteiger partial charge in [-0.05, 0) is 36.4 Å². The van der Waals surface area contributed by atoms with Gasteiger partial charge < -0.3 is 9.47 Å². The van der Waals surface area contributed by atoms with E-state index in [2.05, 4.69) is 0 Å². The van der Waals surface area contributed by atoms with E-state index in [9.17, 15) is 10.1 Å². The molecule has 1 aliphatic rings. The SMILES string of the molecule is O=[N+]([O-])c1ccc(Oc2ccc(SC[C@@H]3CO3)cc2)cc1. The molecule has 0 saturated carbocycles. The molecule has 0 spiro atoms. The largest absolute Gasteiger partial charge is 0.457 e. The maximum atomic E-state index is 10.6. The zero-order chi connectivity index (χ0) is 14.7. The van der Waals surface area contributed by atoms with Gasteiger partial charge in [0.25, 0.3) is 5.69 Å². The predicted molar refractivity (Wildman–Crippen MR) is 80.1 cm³/mol. The van der Waals surface area contributed by atoms with Crippen LogP contribution >= 0.6 is 11.8 Å². The van der Waals surface area contributed by atoms with Gasteiger partial charge in [0.1, 0.15) is 11.5 Å². The molecule has 2 aromatic rings. The van der Waals surface area contributed by atoms with Crippen LogP contribution in [0.3, 0.4) is 0 Å². The first kappa shape index (κ1) is 13.9. The zero-order valence-corrected chi connectivity index (χ0v) is 11.9. The van der Waals surface area contributed by atoms with Gasteiger partial charge >= 0.3 is 0 Å². The third kappa shape index (κ3) is 3.96. The minimum Gasteiger partial charge on any atom is -0.457 e. The fraction of sp³-hybridized carbons (Fsp3) is 0.200. The van der Waals surface area contributed by atoms with Gasteiger partial charge in [-0.15, -0.1) is 11.8 Å². The summed E-state index contributed by atoms with van der Waals surface area (Å²) in [5.74, 6) is 2.26. The van der Waals surface area contributed by atoms with Crippen molar-refractivity contribution in [2.24, 2.45) is 0 Å². The summed E-state index contributed by atoms with van der Waals surface area (Å²) in [5, 5.41) is 10.6. The number of nitro benzene ring substituents is 1. The molecule has 0 aliphatic carbocycles. The van der Waals surface area contributed by atoms with Crippen molar-refractivity contribution in [3.8, 4) is 11.5 Å². The fourth-order valence-electron chi connectivity index (χ4n) is 1.73. The number of non-ortho nitro benzene ring substituents is 1. The normalized spacial score (nSPS) is 16.5. The minimum absolute atomic E-state index is 0.0522. The van der Waals surface area contributed by atoms with Crippen molar-refractivity contribution in [2.45, 2.75) is 11.0 Å². The summed E-state index contributed by atoms with van der Waals surface area (Å²) in [6.07, 6.45) is 0.408. The van der Waals surface area contributed by atoms with E-state index in [4.69, 9.17) is 9.47 Å². The van der Waals surface area contributed by atoms with Gasteiger partial charge in [-0.2, -0.15) is 0 Å². The first-order valence-corrected chi connectivity index (χ1v) is 7.46. The van der Waals surface area contributed by atoms with Crippen molar-refractivity contribution in [3.05, 3.63) is 58.6 Å². The van der Waals surface area contributed by atoms with Crippen LogP contribution in [0.4, 0.5) is 5.69 Å². The molecule has 1 fully saturated rings. The van der Waals surface area contributed by atoms with Crippen LogP contribution in [0, 0.1) is 10.1 Å². The molecule has 3 rings (SSSR count). The van der Waals surface area contributed by atoms with Crippen molar-refractivity contribution in [1.82, 2.24) is 0 Å². The summed E-state index contributed by atoms with van der Waals surface area (Å²) in [6.45, 7) is 0.869. The van der Waals surface area contributed by atoms with Crippen LogP contribution in [0.2, 0.25) is 0 Å². The Morgan fingerprint density at radius 3 is 2.24 bits per heavy atom. The average Bonchev–Trinajstić information content (AvgIpc) is 3.31. The lowest BCUT2D eigenvalue weighted by Gasteiger charge is -2.06. The lowest BCUT2D eigenvalue weighted by molar-refractivity contribution is -0.384. The number of hydrogen-bond donors (Lipinski definition) is 0. The number of thioether (sulfide) groups is 1. The maximum absolute atomic E-state index is 10.6. The number of nitro groups is 1. The Kier molecular flexibility index (Phi) is 4.08. The molecular weight excluding hydrogens is 290 g/mol. The molecule has 6 heteroatoms. The second kappa shape index (κ2) is 6.15. The monoisotopic (exact) mass is 303 g/mol. The van der Waals surface area contributed by atoms with Crippen molar-refractivity contribution in [1.29, 1.82) is 0 Å². The Balaban J connectivity index is 1.59. The summed E-state index contributed by atoms with van der Waals surface area (Å²) in [4.78, 5) is 11.3. The standard InChI is InChI=1S/C15H13NO4S/c17-16(18)11-1-3-12(4-2-11)20-13-5-7-15(8-6-13)21-10-14-9-19-14/h1-8,14H,9-10H2/t14-/m0/s1. The molecule has 1 heterocycles. The van der Waals surface area contributed by atoms with Crippen LogP contribution in [-0.4, -0.2) is 23.4 Å². The van der Waals surface area contributed by atoms with Crippen LogP contribution in [0.25, 0.3) is 0 Å². The molecule has 0 amide bonds. The zero-order valence-electron chi connectivity index (χ0n) is 11.1. The lowest BCUT2D eigenvalue weighted by atomic mass is 10.3. The minimum atomic E-state index is -0.431. The number of epoxide rings is 1. The van der Waals surface area contributed by atoms with Crippen LogP contribution in [0.5, 0.6) is 11.5 Å². The summed E-state index contributed by atoms with van der Waals surface area (Å²) >= 11 is 1.76. The highest BCUT2D eigenvalue weighted by atomic mass is 32.2. The number of benzene rings is 2. The van der Waals surface area contributed by atoms with E-state index in [0.29, 0.717) is 17.6 Å². The van der Waals surface area contributed by atoms with Crippen molar-refractivity contribution >= 4 is 17.4 Å². The van der Waals surface area contributed by atoms with E-state index < -0.39 is 4.92 Å². The van der Waals surface area contributed by atoms with Crippen molar-refractivity contribution in [2.75, 3.05) is 12.4 Å². The molecule has 21 heavy (non-hydrogen) atoms. The molecule has 0 radical (unpaired) electrons. The molecule has 2 aromatic carbocycles. The third-order valence-corrected chi connectivity index (χ3v) is 4.09. The topological polar surface area (TPSA) is 64.9 Å². The highest BCUT2D eigenvalue weighted by molar-refractivity contribution is 7.99. The van der Waals surface area contributed by atoms with Crippen LogP contribution in [0.1, 0.15) is 0 Å². The van der Waals surface area contributed by atoms with E-state index >= 15 is 0 Å². The van der Waals surface area contributed by atoms with E-state index in [1.54, 1.807) is 23.9 Å². The number of hydrogen-bond acceptors (Lipinski definition) is 5. The Morgan fingerprint density at radius 2 is 1.71 bits per heavy atom. The molecule has 1 aliphatic heterocycles. The van der Waals surface area contributed by atoms with Crippen LogP contribution in [-0.2, 0) is 4.74 Å². The maximum Gasteiger partial charge on any atom is 0.269 e. The van der Waals surface area contributed by atoms with Gasteiger partial charge in [-0.25, -0.2) is 0 Å². The van der Waals surface area contributed by atoms with Gasteiger partial charge in [0.2, 0.25) is 0 Å². The Hall–Kier alpha value is -2.05. The highest BCUT2D eigenvalue weighted by Gasteiger charge is 2.22. The van der Waals surface area contributed by atoms with Crippen molar-refractivity contribution in [3.63, 3.8) is 0 Å². The second-order valence-electron chi connectivity index (χ2n) is 4.59. The fourth-order valence-corrected chi connectivity index (χ4v) is 2.63. The Labute approximate surface area is 126 Å². The summed E-state index contributed by atoms with van der Waals surface area (Å²) < 4.78 is 10.8. The molecule has 0 unspecified atom stereocenters. The highest BCUT2D eigenvalue weighted by Crippen LogP contribution is 2.28. The predicted octanol–water partition coefficient (Wildman–Crippen LogP) is 3.88. The van der Waals surface area contributed by atoms with Gasteiger partial charge in [-0.3, -0.25) is 10.1 Å². The third-order valence-electron chi connectivity index (χ3n) is 2.95. The first-order chi connectivity index (χ1) is 10.2. The van der Waals surface area contributed by atoms with Crippen molar-refractivity contribution < 1.29 is 14.4 Å². The smallest absolute Gasteiger partial charge is 0.269 e. The molecule has 5 nitrogen and oxygen atoms in total. The molecule has 1 saturated heterocycles. The van der Waals surface area contributed by atoms with E-state index in [0.717, 1.165) is 12.4 Å². The number of rotatable bonds is 6. The van der Waals surface area contributed by atoms with Gasteiger partial charge in [-0.1, -0.05) is 0 Å². The van der Waals surface area contributed by atoms with E-state index in [-0.39, 0.29) is 5.69 Å². The molecule has 0 bridgehead atoms. The first-order valence-electron chi connectivity index (χ1n) is 6.47. The molecule has 108 valence electrons.